The minimum Gasteiger partial charge on any atom is -0.494 e. The summed E-state index contributed by atoms with van der Waals surface area (Å²) in [5.74, 6) is 0.379. The first kappa shape index (κ1) is 19.2. The quantitative estimate of drug-likeness (QED) is 0.664. The first-order chi connectivity index (χ1) is 14.2. The number of fused-ring (bicyclic) bond motifs is 1. The summed E-state index contributed by atoms with van der Waals surface area (Å²) in [4.78, 5) is 19.3. The Morgan fingerprint density at radius 2 is 2.03 bits per heavy atom. The number of hydrogen-bond acceptors (Lipinski definition) is 4. The summed E-state index contributed by atoms with van der Waals surface area (Å²) in [7, 11) is 0. The van der Waals surface area contributed by atoms with Gasteiger partial charge in [-0.1, -0.05) is 12.1 Å². The molecule has 0 unspecified atom stereocenters. The molecule has 1 aliphatic heterocycles. The van der Waals surface area contributed by atoms with Gasteiger partial charge in [0.15, 0.2) is 0 Å². The molecule has 1 aliphatic rings. The van der Waals surface area contributed by atoms with Gasteiger partial charge in [0, 0.05) is 31.2 Å². The lowest BCUT2D eigenvalue weighted by Gasteiger charge is -2.19. The van der Waals surface area contributed by atoms with E-state index >= 15 is 0 Å². The van der Waals surface area contributed by atoms with Crippen LogP contribution in [0.5, 0.6) is 5.75 Å². The Morgan fingerprint density at radius 1 is 1.21 bits per heavy atom. The Bertz CT molecular complexity index is 1030. The molecule has 150 valence electrons. The zero-order valence-electron chi connectivity index (χ0n) is 16.5. The second kappa shape index (κ2) is 8.47. The Morgan fingerprint density at radius 3 is 2.83 bits per heavy atom. The van der Waals surface area contributed by atoms with Crippen molar-refractivity contribution >= 4 is 22.5 Å². The lowest BCUT2D eigenvalue weighted by molar-refractivity contribution is 0.0793. The predicted molar refractivity (Wildman–Crippen MR) is 112 cm³/mol. The van der Waals surface area contributed by atoms with Gasteiger partial charge in [0.05, 0.1) is 23.4 Å². The number of pyridine rings is 1. The number of nitrogens with one attached hydrogen (secondary N) is 1. The standard InChI is InChI=1S/C23H24FN3O2/c1-2-29-18-7-5-6-16(12-18)14-26-22-19-13-17(24)8-9-21(19)25-15-20(22)23(28)27-10-3-4-11-27/h5-9,12-13,15H,2-4,10-11,14H2,1H3,(H,25,26). The monoisotopic (exact) mass is 393 g/mol. The van der Waals surface area contributed by atoms with Crippen LogP contribution in [0.2, 0.25) is 0 Å². The van der Waals surface area contributed by atoms with E-state index in [0.29, 0.717) is 35.3 Å². The van der Waals surface area contributed by atoms with Crippen LogP contribution >= 0.6 is 0 Å². The van der Waals surface area contributed by atoms with Crippen LogP contribution in [0.3, 0.4) is 0 Å². The highest BCUT2D eigenvalue weighted by atomic mass is 19.1. The Labute approximate surface area is 169 Å². The molecule has 29 heavy (non-hydrogen) atoms. The van der Waals surface area contributed by atoms with Gasteiger partial charge in [0.25, 0.3) is 5.91 Å². The van der Waals surface area contributed by atoms with E-state index in [1.807, 2.05) is 36.1 Å². The van der Waals surface area contributed by atoms with E-state index in [0.717, 1.165) is 37.2 Å². The number of nitrogens with zero attached hydrogens (tertiary/aromatic N) is 2. The van der Waals surface area contributed by atoms with Crippen LogP contribution < -0.4 is 10.1 Å². The molecule has 1 aromatic heterocycles. The molecule has 6 heteroatoms. The number of benzene rings is 2. The molecular weight excluding hydrogens is 369 g/mol. The van der Waals surface area contributed by atoms with Crippen molar-refractivity contribution in [3.63, 3.8) is 0 Å². The van der Waals surface area contributed by atoms with Gasteiger partial charge in [-0.25, -0.2) is 4.39 Å². The maximum atomic E-state index is 14.0. The number of amides is 1. The number of anilines is 1. The van der Waals surface area contributed by atoms with Gasteiger partial charge in [0.2, 0.25) is 0 Å². The summed E-state index contributed by atoms with van der Waals surface area (Å²) in [6, 6.07) is 12.2. The second-order valence-electron chi connectivity index (χ2n) is 7.14. The fourth-order valence-corrected chi connectivity index (χ4v) is 3.71. The maximum Gasteiger partial charge on any atom is 0.257 e. The SMILES string of the molecule is CCOc1cccc(CNc2c(C(=O)N3CCCC3)cnc3ccc(F)cc23)c1. The van der Waals surface area contributed by atoms with Crippen LogP contribution in [0.4, 0.5) is 10.1 Å². The molecule has 4 rings (SSSR count). The van der Waals surface area contributed by atoms with E-state index in [-0.39, 0.29) is 11.7 Å². The van der Waals surface area contributed by atoms with Gasteiger partial charge in [-0.3, -0.25) is 9.78 Å². The summed E-state index contributed by atoms with van der Waals surface area (Å²) >= 11 is 0. The topological polar surface area (TPSA) is 54.5 Å². The van der Waals surface area contributed by atoms with Crippen molar-refractivity contribution in [2.24, 2.45) is 0 Å². The van der Waals surface area contributed by atoms with Gasteiger partial charge in [-0.2, -0.15) is 0 Å². The van der Waals surface area contributed by atoms with Crippen LogP contribution in [-0.2, 0) is 6.54 Å². The Balaban J connectivity index is 1.70. The van der Waals surface area contributed by atoms with Crippen molar-refractivity contribution in [3.05, 3.63) is 65.6 Å². The molecule has 1 amide bonds. The third kappa shape index (κ3) is 4.16. The van der Waals surface area contributed by atoms with Gasteiger partial charge >= 0.3 is 0 Å². The molecule has 0 spiro atoms. The normalized spacial score (nSPS) is 13.7. The zero-order valence-corrected chi connectivity index (χ0v) is 16.5. The van der Waals surface area contributed by atoms with E-state index < -0.39 is 0 Å². The summed E-state index contributed by atoms with van der Waals surface area (Å²) in [6.45, 7) is 4.51. The van der Waals surface area contributed by atoms with Crippen molar-refractivity contribution in [1.82, 2.24) is 9.88 Å². The first-order valence-corrected chi connectivity index (χ1v) is 9.99. The fraction of sp³-hybridized carbons (Fsp3) is 0.304. The molecule has 0 aliphatic carbocycles. The predicted octanol–water partition coefficient (Wildman–Crippen LogP) is 4.62. The number of hydrogen-bond donors (Lipinski definition) is 1. The van der Waals surface area contributed by atoms with Crippen LogP contribution in [-0.4, -0.2) is 35.5 Å². The van der Waals surface area contributed by atoms with Crippen LogP contribution in [0.25, 0.3) is 10.9 Å². The Kier molecular flexibility index (Phi) is 5.60. The molecular formula is C23H24FN3O2. The molecule has 5 nitrogen and oxygen atoms in total. The number of aromatic nitrogens is 1. The maximum absolute atomic E-state index is 14.0. The summed E-state index contributed by atoms with van der Waals surface area (Å²) in [6.07, 6.45) is 3.61. The number of halogens is 1. The number of ether oxygens (including phenoxy) is 1. The van der Waals surface area contributed by atoms with Gasteiger partial charge in [0.1, 0.15) is 11.6 Å². The van der Waals surface area contributed by atoms with Crippen molar-refractivity contribution in [3.8, 4) is 5.75 Å². The highest BCUT2D eigenvalue weighted by molar-refractivity contribution is 6.07. The molecule has 1 saturated heterocycles. The summed E-state index contributed by atoms with van der Waals surface area (Å²) in [5, 5.41) is 3.97. The van der Waals surface area contributed by atoms with E-state index in [9.17, 15) is 9.18 Å². The molecule has 2 aromatic carbocycles. The van der Waals surface area contributed by atoms with E-state index in [2.05, 4.69) is 10.3 Å². The van der Waals surface area contributed by atoms with Crippen LogP contribution in [0.1, 0.15) is 35.7 Å². The van der Waals surface area contributed by atoms with Crippen molar-refractivity contribution in [2.45, 2.75) is 26.3 Å². The molecule has 1 fully saturated rings. The molecule has 0 saturated carbocycles. The number of carbonyl (C=O) groups excluding carboxylic acids is 1. The van der Waals surface area contributed by atoms with Crippen molar-refractivity contribution in [1.29, 1.82) is 0 Å². The second-order valence-corrected chi connectivity index (χ2v) is 7.14. The van der Waals surface area contributed by atoms with Crippen molar-refractivity contribution < 1.29 is 13.9 Å². The highest BCUT2D eigenvalue weighted by Crippen LogP contribution is 2.29. The minimum atomic E-state index is -0.355. The molecule has 2 heterocycles. The number of carbonyl (C=O) groups is 1. The molecule has 1 N–H and O–H groups in total. The van der Waals surface area contributed by atoms with E-state index in [4.69, 9.17) is 4.74 Å². The number of likely N-dealkylation sites (tertiary alicyclic amines) is 1. The highest BCUT2D eigenvalue weighted by Gasteiger charge is 2.23. The molecule has 3 aromatic rings. The fourth-order valence-electron chi connectivity index (χ4n) is 3.71. The Hall–Kier alpha value is -3.15. The third-order valence-electron chi connectivity index (χ3n) is 5.13. The third-order valence-corrected chi connectivity index (χ3v) is 5.13. The average Bonchev–Trinajstić information content (AvgIpc) is 3.27. The van der Waals surface area contributed by atoms with Crippen LogP contribution in [0.15, 0.2) is 48.7 Å². The average molecular weight is 393 g/mol. The lowest BCUT2D eigenvalue weighted by atomic mass is 10.1. The van der Waals surface area contributed by atoms with Crippen LogP contribution in [0, 0.1) is 5.82 Å². The van der Waals surface area contributed by atoms with Gasteiger partial charge < -0.3 is 15.0 Å². The first-order valence-electron chi connectivity index (χ1n) is 9.99. The van der Waals surface area contributed by atoms with Gasteiger partial charge in [-0.15, -0.1) is 0 Å². The smallest absolute Gasteiger partial charge is 0.257 e. The lowest BCUT2D eigenvalue weighted by Crippen LogP contribution is -2.28. The molecule has 0 bridgehead atoms. The van der Waals surface area contributed by atoms with Crippen molar-refractivity contribution in [2.75, 3.05) is 25.0 Å². The number of rotatable bonds is 6. The van der Waals surface area contributed by atoms with E-state index in [1.54, 1.807) is 12.3 Å². The molecule has 0 atom stereocenters. The molecule has 0 radical (unpaired) electrons. The minimum absolute atomic E-state index is 0.0632. The zero-order chi connectivity index (χ0) is 20.2. The van der Waals surface area contributed by atoms with E-state index in [1.165, 1.54) is 12.1 Å². The summed E-state index contributed by atoms with van der Waals surface area (Å²) in [5.41, 5.74) is 2.76. The largest absolute Gasteiger partial charge is 0.494 e. The summed E-state index contributed by atoms with van der Waals surface area (Å²) < 4.78 is 19.5. The van der Waals surface area contributed by atoms with Gasteiger partial charge in [-0.05, 0) is 55.7 Å².